The van der Waals surface area contributed by atoms with Crippen LogP contribution in [0.2, 0.25) is 0 Å². The van der Waals surface area contributed by atoms with Gasteiger partial charge in [0.15, 0.2) is 0 Å². The molecule has 3 rings (SSSR count). The lowest BCUT2D eigenvalue weighted by Crippen LogP contribution is -2.33. The number of benzene rings is 2. The maximum atomic E-state index is 11.4. The van der Waals surface area contributed by atoms with Crippen molar-refractivity contribution in [3.05, 3.63) is 59.7 Å². The first-order valence-electron chi connectivity index (χ1n) is 7.86. The highest BCUT2D eigenvalue weighted by Crippen LogP contribution is 2.32. The molecule has 0 radical (unpaired) electrons. The van der Waals surface area contributed by atoms with Gasteiger partial charge in [-0.3, -0.25) is 0 Å². The highest BCUT2D eigenvalue weighted by molar-refractivity contribution is 7.89. The van der Waals surface area contributed by atoms with Gasteiger partial charge in [-0.05, 0) is 42.5 Å². The van der Waals surface area contributed by atoms with Gasteiger partial charge in [0.1, 0.15) is 6.07 Å². The Balaban J connectivity index is 1.78. The molecule has 5 nitrogen and oxygen atoms in total. The molecule has 6 heteroatoms. The van der Waals surface area contributed by atoms with Crippen LogP contribution in [-0.4, -0.2) is 21.5 Å². The lowest BCUT2D eigenvalue weighted by atomic mass is 9.89. The zero-order valence-electron chi connectivity index (χ0n) is 13.2. The van der Waals surface area contributed by atoms with E-state index in [1.54, 1.807) is 6.07 Å². The Labute approximate surface area is 142 Å². The highest BCUT2D eigenvalue weighted by Gasteiger charge is 2.23. The average molecular weight is 341 g/mol. The molecule has 1 aliphatic rings. The van der Waals surface area contributed by atoms with Crippen molar-refractivity contribution in [2.24, 2.45) is 5.14 Å². The average Bonchev–Trinajstić information content (AvgIpc) is 2.61. The summed E-state index contributed by atoms with van der Waals surface area (Å²) in [6.45, 7) is 1.67. The molecule has 0 atom stereocenters. The van der Waals surface area contributed by atoms with Crippen molar-refractivity contribution in [3.63, 3.8) is 0 Å². The molecular formula is C18H19N3O2S. The first-order valence-corrected chi connectivity index (χ1v) is 9.40. The number of anilines is 1. The molecule has 2 N–H and O–H groups in total. The summed E-state index contributed by atoms with van der Waals surface area (Å²) in [7, 11) is -3.80. The molecule has 1 aliphatic heterocycles. The van der Waals surface area contributed by atoms with Gasteiger partial charge in [-0.15, -0.1) is 0 Å². The van der Waals surface area contributed by atoms with Crippen LogP contribution in [0.3, 0.4) is 0 Å². The monoisotopic (exact) mass is 341 g/mol. The van der Waals surface area contributed by atoms with Gasteiger partial charge >= 0.3 is 0 Å². The van der Waals surface area contributed by atoms with Crippen LogP contribution in [0, 0.1) is 11.3 Å². The number of piperidine rings is 1. The molecule has 0 aromatic heterocycles. The number of hydrogen-bond acceptors (Lipinski definition) is 4. The minimum Gasteiger partial charge on any atom is -0.370 e. The Morgan fingerprint density at radius 1 is 1.08 bits per heavy atom. The first kappa shape index (κ1) is 16.5. The van der Waals surface area contributed by atoms with E-state index in [1.807, 2.05) is 6.07 Å². The van der Waals surface area contributed by atoms with Gasteiger partial charge in [-0.2, -0.15) is 5.26 Å². The SMILES string of the molecule is N#Cc1cc(S(N)(=O)=O)ccc1N1CCC(c2ccccc2)CC1. The summed E-state index contributed by atoms with van der Waals surface area (Å²) in [6, 6.07) is 17.0. The second kappa shape index (κ2) is 6.63. The zero-order valence-corrected chi connectivity index (χ0v) is 14.0. The molecule has 0 bridgehead atoms. The van der Waals surface area contributed by atoms with Crippen LogP contribution in [0.1, 0.15) is 29.9 Å². The number of nitriles is 1. The van der Waals surface area contributed by atoms with Gasteiger partial charge in [0.05, 0.1) is 16.1 Å². The van der Waals surface area contributed by atoms with E-state index in [-0.39, 0.29) is 4.90 Å². The van der Waals surface area contributed by atoms with Gasteiger partial charge < -0.3 is 4.90 Å². The van der Waals surface area contributed by atoms with Crippen LogP contribution < -0.4 is 10.0 Å². The van der Waals surface area contributed by atoms with E-state index >= 15 is 0 Å². The lowest BCUT2D eigenvalue weighted by Gasteiger charge is -2.34. The molecule has 1 fully saturated rings. The molecule has 124 valence electrons. The predicted molar refractivity (Wildman–Crippen MR) is 93.2 cm³/mol. The Morgan fingerprint density at radius 2 is 1.75 bits per heavy atom. The number of rotatable bonds is 3. The predicted octanol–water partition coefficient (Wildman–Crippen LogP) is 2.59. The number of sulfonamides is 1. The van der Waals surface area contributed by atoms with Crippen LogP contribution in [0.4, 0.5) is 5.69 Å². The lowest BCUT2D eigenvalue weighted by molar-refractivity contribution is 0.505. The second-order valence-corrected chi connectivity index (χ2v) is 7.57. The normalized spacial score (nSPS) is 15.9. The van der Waals surface area contributed by atoms with E-state index in [4.69, 9.17) is 5.14 Å². The minimum absolute atomic E-state index is 0.0260. The fourth-order valence-electron chi connectivity index (χ4n) is 3.24. The zero-order chi connectivity index (χ0) is 17.2. The van der Waals surface area contributed by atoms with Crippen LogP contribution >= 0.6 is 0 Å². The van der Waals surface area contributed by atoms with E-state index in [0.29, 0.717) is 11.5 Å². The fourth-order valence-corrected chi connectivity index (χ4v) is 3.78. The summed E-state index contributed by atoms with van der Waals surface area (Å²) in [5, 5.41) is 14.5. The standard InChI is InChI=1S/C18H19N3O2S/c19-13-16-12-17(24(20,22)23)6-7-18(16)21-10-8-15(9-11-21)14-4-2-1-3-5-14/h1-7,12,15H,8-11H2,(H2,20,22,23). The Hall–Kier alpha value is -2.36. The number of nitrogens with zero attached hydrogens (tertiary/aromatic N) is 2. The quantitative estimate of drug-likeness (QED) is 0.929. The Bertz CT molecular complexity index is 865. The van der Waals surface area contributed by atoms with Gasteiger partial charge in [0.25, 0.3) is 0 Å². The molecule has 0 amide bonds. The smallest absolute Gasteiger partial charge is 0.238 e. The molecule has 0 aliphatic carbocycles. The van der Waals surface area contributed by atoms with Crippen LogP contribution in [0.5, 0.6) is 0 Å². The Kier molecular flexibility index (Phi) is 4.56. The van der Waals surface area contributed by atoms with Crippen molar-refractivity contribution in [2.45, 2.75) is 23.7 Å². The van der Waals surface area contributed by atoms with Crippen molar-refractivity contribution < 1.29 is 8.42 Å². The summed E-state index contributed by atoms with van der Waals surface area (Å²) < 4.78 is 22.9. The first-order chi connectivity index (χ1) is 11.5. The summed E-state index contributed by atoms with van der Waals surface area (Å²) >= 11 is 0. The van der Waals surface area contributed by atoms with Gasteiger partial charge in [-0.1, -0.05) is 30.3 Å². The van der Waals surface area contributed by atoms with Gasteiger partial charge in [-0.25, -0.2) is 13.6 Å². The van der Waals surface area contributed by atoms with Crippen molar-refractivity contribution in [3.8, 4) is 6.07 Å². The molecular weight excluding hydrogens is 322 g/mol. The van der Waals surface area contributed by atoms with Crippen LogP contribution in [0.15, 0.2) is 53.4 Å². The second-order valence-electron chi connectivity index (χ2n) is 6.01. The third kappa shape index (κ3) is 3.42. The largest absolute Gasteiger partial charge is 0.370 e. The van der Waals surface area contributed by atoms with E-state index < -0.39 is 10.0 Å². The molecule has 2 aromatic carbocycles. The van der Waals surface area contributed by atoms with E-state index in [0.717, 1.165) is 31.6 Å². The van der Waals surface area contributed by atoms with E-state index in [9.17, 15) is 13.7 Å². The molecule has 0 spiro atoms. The third-order valence-electron chi connectivity index (χ3n) is 4.52. The maximum absolute atomic E-state index is 11.4. The maximum Gasteiger partial charge on any atom is 0.238 e. The molecule has 0 unspecified atom stereocenters. The topological polar surface area (TPSA) is 87.2 Å². The van der Waals surface area contributed by atoms with Crippen molar-refractivity contribution in [2.75, 3.05) is 18.0 Å². The van der Waals surface area contributed by atoms with Crippen molar-refractivity contribution in [1.29, 1.82) is 5.26 Å². The molecule has 1 saturated heterocycles. The van der Waals surface area contributed by atoms with Crippen LogP contribution in [0.25, 0.3) is 0 Å². The van der Waals surface area contributed by atoms with Crippen molar-refractivity contribution in [1.82, 2.24) is 0 Å². The highest BCUT2D eigenvalue weighted by atomic mass is 32.2. The molecule has 0 saturated carbocycles. The summed E-state index contributed by atoms with van der Waals surface area (Å²) in [5.41, 5.74) is 2.47. The van der Waals surface area contributed by atoms with Crippen molar-refractivity contribution >= 4 is 15.7 Å². The summed E-state index contributed by atoms with van der Waals surface area (Å²) in [5.74, 6) is 0.525. The molecule has 1 heterocycles. The van der Waals surface area contributed by atoms with Gasteiger partial charge in [0, 0.05) is 13.1 Å². The Morgan fingerprint density at radius 3 is 2.33 bits per heavy atom. The fraction of sp³-hybridized carbons (Fsp3) is 0.278. The van der Waals surface area contributed by atoms with Crippen LogP contribution in [-0.2, 0) is 10.0 Å². The van der Waals surface area contributed by atoms with E-state index in [2.05, 4.69) is 35.2 Å². The summed E-state index contributed by atoms with van der Waals surface area (Å²) in [4.78, 5) is 2.12. The molecule has 24 heavy (non-hydrogen) atoms. The van der Waals surface area contributed by atoms with E-state index in [1.165, 1.54) is 17.7 Å². The number of hydrogen-bond donors (Lipinski definition) is 1. The molecule has 2 aromatic rings. The number of nitrogens with two attached hydrogens (primary N) is 1. The third-order valence-corrected chi connectivity index (χ3v) is 5.43. The summed E-state index contributed by atoms with van der Waals surface area (Å²) in [6.07, 6.45) is 2.01. The minimum atomic E-state index is -3.80. The van der Waals surface area contributed by atoms with Gasteiger partial charge in [0.2, 0.25) is 10.0 Å². The number of primary sulfonamides is 1.